The zero-order chi connectivity index (χ0) is 27.7. The van der Waals surface area contributed by atoms with Gasteiger partial charge in [-0.3, -0.25) is 9.36 Å². The molecule has 4 rings (SSSR count). The number of ketones is 1. The Morgan fingerprint density at radius 3 is 2.66 bits per heavy atom. The minimum Gasteiger partial charge on any atom is -0.463 e. The topological polar surface area (TPSA) is 172 Å². The van der Waals surface area contributed by atoms with Crippen molar-refractivity contribution in [2.45, 2.75) is 56.8 Å². The van der Waals surface area contributed by atoms with Gasteiger partial charge in [0.1, 0.15) is 23.5 Å². The number of Topliss-reactive ketones (excluding diaryl/α,β-unsaturated/α-hetero) is 1. The molecule has 0 bridgehead atoms. The summed E-state index contributed by atoms with van der Waals surface area (Å²) in [4.78, 5) is 38.5. The highest BCUT2D eigenvalue weighted by Crippen LogP contribution is 2.39. The van der Waals surface area contributed by atoms with Gasteiger partial charge in [-0.15, -0.1) is 6.42 Å². The molecule has 0 amide bonds. The second-order valence-electron chi connectivity index (χ2n) is 8.99. The van der Waals surface area contributed by atoms with Crippen LogP contribution in [0.3, 0.4) is 0 Å². The number of nitrogens with two attached hydrogens (primary N) is 1. The van der Waals surface area contributed by atoms with E-state index in [0.29, 0.717) is 11.4 Å². The number of terminal acetylenes is 1. The number of esters is 1. The van der Waals surface area contributed by atoms with Crippen LogP contribution in [0.5, 0.6) is 0 Å². The fourth-order valence-electron chi connectivity index (χ4n) is 4.46. The average molecular weight is 524 g/mol. The van der Waals surface area contributed by atoms with Crippen LogP contribution in [0, 0.1) is 19.3 Å². The summed E-state index contributed by atoms with van der Waals surface area (Å²) in [6, 6.07) is 8.80. The third kappa shape index (κ3) is 4.61. The molecule has 12 nitrogen and oxygen atoms in total. The van der Waals surface area contributed by atoms with E-state index in [1.54, 1.807) is 44.2 Å². The SMILES string of the molecule is C#C[C@@]1(O)[C@@H](COC(Cc2ccccc2)(C(C)=O)C(=O)OCC)O[C@@H](n2cnc3c(N)nc(C)nc32)[C@@H]1O. The van der Waals surface area contributed by atoms with Crippen LogP contribution in [0.2, 0.25) is 0 Å². The van der Waals surface area contributed by atoms with Gasteiger partial charge < -0.3 is 30.2 Å². The van der Waals surface area contributed by atoms with E-state index in [1.165, 1.54) is 17.8 Å². The molecule has 1 aliphatic heterocycles. The van der Waals surface area contributed by atoms with Crippen molar-refractivity contribution in [1.29, 1.82) is 0 Å². The Hall–Kier alpha value is -3.89. The summed E-state index contributed by atoms with van der Waals surface area (Å²) in [6.45, 7) is 3.94. The maximum absolute atomic E-state index is 13.1. The molecule has 3 heterocycles. The summed E-state index contributed by atoms with van der Waals surface area (Å²) in [5, 5.41) is 22.3. The molecule has 1 unspecified atom stereocenters. The average Bonchev–Trinajstić information content (AvgIpc) is 3.41. The second-order valence-corrected chi connectivity index (χ2v) is 8.99. The number of hydrogen-bond acceptors (Lipinski definition) is 11. The number of nitrogen functional groups attached to an aromatic ring is 1. The Morgan fingerprint density at radius 1 is 1.32 bits per heavy atom. The molecule has 1 fully saturated rings. The lowest BCUT2D eigenvalue weighted by atomic mass is 9.89. The second kappa shape index (κ2) is 10.5. The largest absolute Gasteiger partial charge is 0.463 e. The Kier molecular flexibility index (Phi) is 7.48. The molecule has 1 aliphatic rings. The monoisotopic (exact) mass is 523 g/mol. The standard InChI is InChI=1S/C26H29N5O7/c1-5-25(35)18(38-23(20(25)33)31-14-28-19-21(27)29-16(4)30-22(19)31)13-37-26(15(3)32,24(34)36-6-2)12-17-10-8-7-9-11-17/h1,7-11,14,18,20,23,33,35H,6,12-13H2,2-4H3,(H2,27,29,30)/t18-,20+,23-,25-,26?/m1/s1. The highest BCUT2D eigenvalue weighted by molar-refractivity contribution is 6.06. The number of fused-ring (bicyclic) bond motifs is 1. The summed E-state index contributed by atoms with van der Waals surface area (Å²) in [5.74, 6) is 1.17. The van der Waals surface area contributed by atoms with Gasteiger partial charge in [-0.1, -0.05) is 36.3 Å². The van der Waals surface area contributed by atoms with E-state index in [1.807, 2.05) is 0 Å². The number of benzene rings is 1. The number of hydrogen-bond donors (Lipinski definition) is 3. The molecule has 0 aliphatic carbocycles. The van der Waals surface area contributed by atoms with E-state index in [2.05, 4.69) is 20.9 Å². The van der Waals surface area contributed by atoms with Gasteiger partial charge in [0.05, 0.1) is 19.5 Å². The minimum absolute atomic E-state index is 0.0130. The van der Waals surface area contributed by atoms with Crippen molar-refractivity contribution in [1.82, 2.24) is 19.5 Å². The number of ether oxygens (including phenoxy) is 3. The normalized spacial score (nSPS) is 24.6. The lowest BCUT2D eigenvalue weighted by Gasteiger charge is -2.32. The smallest absolute Gasteiger partial charge is 0.346 e. The quantitative estimate of drug-likeness (QED) is 0.202. The molecule has 0 spiro atoms. The number of aromatic nitrogens is 4. The van der Waals surface area contributed by atoms with E-state index >= 15 is 0 Å². The van der Waals surface area contributed by atoms with E-state index < -0.39 is 48.0 Å². The van der Waals surface area contributed by atoms with Gasteiger partial charge in [0.2, 0.25) is 5.60 Å². The molecule has 0 radical (unpaired) electrons. The number of carbonyl (C=O) groups excluding carboxylic acids is 2. The third-order valence-electron chi connectivity index (χ3n) is 6.53. The Bertz CT molecular complexity index is 1390. The van der Waals surface area contributed by atoms with Gasteiger partial charge in [-0.25, -0.2) is 19.7 Å². The fraction of sp³-hybridized carbons (Fsp3) is 0.423. The van der Waals surface area contributed by atoms with E-state index in [0.717, 1.165) is 0 Å². The Balaban J connectivity index is 1.67. The fourth-order valence-corrected chi connectivity index (χ4v) is 4.46. The molecule has 1 saturated heterocycles. The lowest BCUT2D eigenvalue weighted by Crippen LogP contribution is -2.54. The number of aliphatic hydroxyl groups excluding tert-OH is 1. The molecule has 5 atom stereocenters. The van der Waals surface area contributed by atoms with Gasteiger partial charge in [0.15, 0.2) is 29.1 Å². The van der Waals surface area contributed by atoms with Crippen LogP contribution < -0.4 is 5.73 Å². The first kappa shape index (κ1) is 27.2. The first-order valence-corrected chi connectivity index (χ1v) is 11.9. The summed E-state index contributed by atoms with van der Waals surface area (Å²) in [7, 11) is 0. The molecular formula is C26H29N5O7. The zero-order valence-electron chi connectivity index (χ0n) is 21.2. The predicted octanol–water partition coefficient (Wildman–Crippen LogP) is 0.490. The number of nitrogens with zero attached hydrogens (tertiary/aromatic N) is 4. The van der Waals surface area contributed by atoms with Gasteiger partial charge in [0.25, 0.3) is 0 Å². The summed E-state index contributed by atoms with van der Waals surface area (Å²) < 4.78 is 18.5. The Labute approximate surface area is 218 Å². The maximum Gasteiger partial charge on any atom is 0.346 e. The highest BCUT2D eigenvalue weighted by Gasteiger charge is 2.57. The Morgan fingerprint density at radius 2 is 2.03 bits per heavy atom. The first-order chi connectivity index (χ1) is 18.1. The molecule has 3 aromatic rings. The molecule has 200 valence electrons. The van der Waals surface area contributed by atoms with Crippen LogP contribution in [0.15, 0.2) is 36.7 Å². The van der Waals surface area contributed by atoms with Crippen molar-refractivity contribution in [3.05, 3.63) is 48.0 Å². The third-order valence-corrected chi connectivity index (χ3v) is 6.53. The summed E-state index contributed by atoms with van der Waals surface area (Å²) in [5.41, 5.74) is 2.83. The zero-order valence-corrected chi connectivity index (χ0v) is 21.2. The van der Waals surface area contributed by atoms with Crippen molar-refractivity contribution in [3.8, 4) is 12.3 Å². The van der Waals surface area contributed by atoms with E-state index in [9.17, 15) is 19.8 Å². The maximum atomic E-state index is 13.1. The van der Waals surface area contributed by atoms with Gasteiger partial charge in [0, 0.05) is 6.42 Å². The van der Waals surface area contributed by atoms with Crippen LogP contribution in [-0.4, -0.2) is 78.1 Å². The van der Waals surface area contributed by atoms with Crippen molar-refractivity contribution in [2.75, 3.05) is 18.9 Å². The minimum atomic E-state index is -2.25. The summed E-state index contributed by atoms with van der Waals surface area (Å²) >= 11 is 0. The number of carbonyl (C=O) groups is 2. The van der Waals surface area contributed by atoms with Crippen molar-refractivity contribution < 1.29 is 34.0 Å². The van der Waals surface area contributed by atoms with Crippen LogP contribution in [-0.2, 0) is 30.2 Å². The van der Waals surface area contributed by atoms with E-state index in [4.69, 9.17) is 26.4 Å². The van der Waals surface area contributed by atoms with Crippen molar-refractivity contribution >= 4 is 28.7 Å². The van der Waals surface area contributed by atoms with Gasteiger partial charge in [-0.2, -0.15) is 0 Å². The van der Waals surface area contributed by atoms with Crippen LogP contribution in [0.25, 0.3) is 11.2 Å². The lowest BCUT2D eigenvalue weighted by molar-refractivity contribution is -0.184. The molecule has 4 N–H and O–H groups in total. The molecule has 0 saturated carbocycles. The first-order valence-electron chi connectivity index (χ1n) is 11.9. The van der Waals surface area contributed by atoms with Crippen LogP contribution >= 0.6 is 0 Å². The molecule has 38 heavy (non-hydrogen) atoms. The molecular weight excluding hydrogens is 494 g/mol. The van der Waals surface area contributed by atoms with Crippen molar-refractivity contribution in [2.24, 2.45) is 0 Å². The van der Waals surface area contributed by atoms with Gasteiger partial charge in [-0.05, 0) is 26.3 Å². The van der Waals surface area contributed by atoms with Gasteiger partial charge >= 0.3 is 5.97 Å². The number of rotatable bonds is 9. The molecule has 12 heteroatoms. The van der Waals surface area contributed by atoms with Crippen LogP contribution in [0.1, 0.15) is 31.5 Å². The number of imidazole rings is 1. The van der Waals surface area contributed by atoms with E-state index in [-0.39, 0.29) is 30.0 Å². The van der Waals surface area contributed by atoms with Crippen LogP contribution in [0.4, 0.5) is 5.82 Å². The molecule has 2 aromatic heterocycles. The number of anilines is 1. The molecule has 1 aromatic carbocycles. The summed E-state index contributed by atoms with van der Waals surface area (Å²) in [6.07, 6.45) is 2.58. The predicted molar refractivity (Wildman–Crippen MR) is 134 cm³/mol. The number of aryl methyl sites for hydroxylation is 1. The highest BCUT2D eigenvalue weighted by atomic mass is 16.6. The van der Waals surface area contributed by atoms with Crippen molar-refractivity contribution in [3.63, 3.8) is 0 Å². The number of aliphatic hydroxyl groups is 2.